The normalized spacial score (nSPS) is 12.7. The number of nitrogens with one attached hydrogen (secondary N) is 1. The van der Waals surface area contributed by atoms with Crippen LogP contribution in [0, 0.1) is 12.7 Å². The summed E-state index contributed by atoms with van der Waals surface area (Å²) in [6.07, 6.45) is 2.87. The Kier molecular flexibility index (Phi) is 3.31. The van der Waals surface area contributed by atoms with Crippen LogP contribution in [0.5, 0.6) is 0 Å². The molecular weight excluding hydrogens is 223 g/mol. The van der Waals surface area contributed by atoms with E-state index < -0.39 is 0 Å². The lowest BCUT2D eigenvalue weighted by Gasteiger charge is -2.16. The maximum atomic E-state index is 13.7. The maximum absolute atomic E-state index is 13.7. The summed E-state index contributed by atoms with van der Waals surface area (Å²) in [5.41, 5.74) is 1.82. The lowest BCUT2D eigenvalue weighted by molar-refractivity contribution is 0.573. The van der Waals surface area contributed by atoms with Gasteiger partial charge in [-0.3, -0.25) is 4.98 Å². The Labute approximate surface area is 98.2 Å². The quantitative estimate of drug-likeness (QED) is 0.886. The second kappa shape index (κ2) is 4.72. The van der Waals surface area contributed by atoms with Crippen LogP contribution in [0.15, 0.2) is 29.9 Å². The van der Waals surface area contributed by atoms with E-state index in [9.17, 15) is 4.39 Å². The largest absolute Gasteiger partial charge is 0.309 e. The van der Waals surface area contributed by atoms with Crippen LogP contribution >= 0.6 is 11.3 Å². The maximum Gasteiger partial charge on any atom is 0.146 e. The third-order valence-corrected chi connectivity index (χ3v) is 3.65. The van der Waals surface area contributed by atoms with Gasteiger partial charge in [0.2, 0.25) is 0 Å². The van der Waals surface area contributed by atoms with E-state index in [1.165, 1.54) is 11.8 Å². The monoisotopic (exact) mass is 236 g/mol. The molecule has 0 saturated heterocycles. The van der Waals surface area contributed by atoms with Gasteiger partial charge < -0.3 is 5.32 Å². The van der Waals surface area contributed by atoms with Gasteiger partial charge in [0.1, 0.15) is 5.82 Å². The summed E-state index contributed by atoms with van der Waals surface area (Å²) in [6.45, 7) is 2.04. The van der Waals surface area contributed by atoms with Gasteiger partial charge in [0.15, 0.2) is 0 Å². The number of pyridine rings is 1. The van der Waals surface area contributed by atoms with Crippen LogP contribution in [-0.2, 0) is 0 Å². The van der Waals surface area contributed by atoms with Crippen molar-refractivity contribution in [3.8, 4) is 0 Å². The molecular formula is C12H13FN2S. The molecule has 0 amide bonds. The summed E-state index contributed by atoms with van der Waals surface area (Å²) in [5.74, 6) is -0.269. The first kappa shape index (κ1) is 11.2. The molecule has 2 nitrogen and oxygen atoms in total. The molecule has 84 valence electrons. The summed E-state index contributed by atoms with van der Waals surface area (Å²) in [5, 5.41) is 5.17. The zero-order valence-electron chi connectivity index (χ0n) is 9.20. The van der Waals surface area contributed by atoms with Crippen molar-refractivity contribution in [3.63, 3.8) is 0 Å². The molecule has 4 heteroatoms. The van der Waals surface area contributed by atoms with Crippen LogP contribution < -0.4 is 5.32 Å². The predicted molar refractivity (Wildman–Crippen MR) is 64.2 cm³/mol. The van der Waals surface area contributed by atoms with Crippen molar-refractivity contribution in [1.82, 2.24) is 10.3 Å². The molecule has 0 aliphatic heterocycles. The highest BCUT2D eigenvalue weighted by Crippen LogP contribution is 2.29. The lowest BCUT2D eigenvalue weighted by Crippen LogP contribution is -2.18. The molecule has 1 N–H and O–H groups in total. The third-order valence-electron chi connectivity index (χ3n) is 2.57. The Balaban J connectivity index is 2.45. The summed E-state index contributed by atoms with van der Waals surface area (Å²) in [6, 6.07) is 3.67. The molecule has 0 radical (unpaired) electrons. The summed E-state index contributed by atoms with van der Waals surface area (Å²) in [4.78, 5) is 4.91. The van der Waals surface area contributed by atoms with Crippen LogP contribution in [-0.4, -0.2) is 12.0 Å². The van der Waals surface area contributed by atoms with Gasteiger partial charge in [0, 0.05) is 16.6 Å². The van der Waals surface area contributed by atoms with Gasteiger partial charge in [-0.2, -0.15) is 0 Å². The topological polar surface area (TPSA) is 24.9 Å². The molecule has 1 atom stereocenters. The minimum Gasteiger partial charge on any atom is -0.309 e. The summed E-state index contributed by atoms with van der Waals surface area (Å²) >= 11 is 1.64. The van der Waals surface area contributed by atoms with E-state index in [0.29, 0.717) is 5.56 Å². The van der Waals surface area contributed by atoms with Gasteiger partial charge in [-0.05, 0) is 37.0 Å². The van der Waals surface area contributed by atoms with Gasteiger partial charge in [-0.25, -0.2) is 4.39 Å². The van der Waals surface area contributed by atoms with Gasteiger partial charge in [-0.1, -0.05) is 0 Å². The number of hydrogen-bond donors (Lipinski definition) is 1. The second-order valence-corrected chi connectivity index (χ2v) is 4.53. The number of rotatable bonds is 3. The number of thiophene rings is 1. The minimum atomic E-state index is -0.269. The molecule has 16 heavy (non-hydrogen) atoms. The smallest absolute Gasteiger partial charge is 0.146 e. The molecule has 2 aromatic rings. The predicted octanol–water partition coefficient (Wildman–Crippen LogP) is 2.90. The van der Waals surface area contributed by atoms with Crippen LogP contribution in [0.3, 0.4) is 0 Å². The standard InChI is InChI=1S/C12H13FN2S/c1-8-4-6-16-12(8)11(14-2)9-3-5-15-7-10(9)13/h3-7,11,14H,1-2H3. The first-order chi connectivity index (χ1) is 7.74. The summed E-state index contributed by atoms with van der Waals surface area (Å²) < 4.78 is 13.7. The molecule has 1 unspecified atom stereocenters. The lowest BCUT2D eigenvalue weighted by atomic mass is 10.0. The highest BCUT2D eigenvalue weighted by molar-refractivity contribution is 7.10. The van der Waals surface area contributed by atoms with Crippen molar-refractivity contribution < 1.29 is 4.39 Å². The molecule has 0 bridgehead atoms. The Bertz CT molecular complexity index is 481. The molecule has 0 aliphatic carbocycles. The van der Waals surface area contributed by atoms with Gasteiger partial charge >= 0.3 is 0 Å². The molecule has 0 aliphatic rings. The Hall–Kier alpha value is -1.26. The highest BCUT2D eigenvalue weighted by Gasteiger charge is 2.18. The van der Waals surface area contributed by atoms with Crippen molar-refractivity contribution >= 4 is 11.3 Å². The number of aryl methyl sites for hydroxylation is 1. The zero-order chi connectivity index (χ0) is 11.5. The Morgan fingerprint density at radius 2 is 2.25 bits per heavy atom. The first-order valence-electron chi connectivity index (χ1n) is 5.04. The fourth-order valence-electron chi connectivity index (χ4n) is 1.73. The van der Waals surface area contributed by atoms with Crippen LogP contribution in [0.1, 0.15) is 22.0 Å². The van der Waals surface area contributed by atoms with E-state index >= 15 is 0 Å². The highest BCUT2D eigenvalue weighted by atomic mass is 32.1. The molecule has 0 saturated carbocycles. The fourth-order valence-corrected chi connectivity index (χ4v) is 2.78. The van der Waals surface area contributed by atoms with E-state index in [1.807, 2.05) is 25.4 Å². The van der Waals surface area contributed by atoms with E-state index in [-0.39, 0.29) is 11.9 Å². The molecule has 0 spiro atoms. The number of halogens is 1. The molecule has 0 fully saturated rings. The summed E-state index contributed by atoms with van der Waals surface area (Å²) in [7, 11) is 1.84. The Morgan fingerprint density at radius 3 is 2.81 bits per heavy atom. The minimum absolute atomic E-state index is 0.0944. The second-order valence-electron chi connectivity index (χ2n) is 3.59. The molecule has 2 rings (SSSR count). The number of nitrogens with zero attached hydrogens (tertiary/aromatic N) is 1. The molecule has 0 aromatic carbocycles. The van der Waals surface area contributed by atoms with E-state index in [1.54, 1.807) is 23.6 Å². The van der Waals surface area contributed by atoms with Gasteiger partial charge in [0.05, 0.1) is 12.2 Å². The van der Waals surface area contributed by atoms with E-state index in [0.717, 1.165) is 4.88 Å². The molecule has 2 aromatic heterocycles. The van der Waals surface area contributed by atoms with Crippen molar-refractivity contribution in [2.45, 2.75) is 13.0 Å². The van der Waals surface area contributed by atoms with Gasteiger partial charge in [-0.15, -0.1) is 11.3 Å². The SMILES string of the molecule is CNC(c1ccncc1F)c1sccc1C. The first-order valence-corrected chi connectivity index (χ1v) is 5.92. The van der Waals surface area contributed by atoms with Gasteiger partial charge in [0.25, 0.3) is 0 Å². The average molecular weight is 236 g/mol. The van der Waals surface area contributed by atoms with Crippen molar-refractivity contribution in [2.24, 2.45) is 0 Å². The molecule has 2 heterocycles. The van der Waals surface area contributed by atoms with Crippen molar-refractivity contribution in [1.29, 1.82) is 0 Å². The van der Waals surface area contributed by atoms with E-state index in [4.69, 9.17) is 0 Å². The van der Waals surface area contributed by atoms with Crippen LogP contribution in [0.2, 0.25) is 0 Å². The fraction of sp³-hybridized carbons (Fsp3) is 0.250. The zero-order valence-corrected chi connectivity index (χ0v) is 10.0. The van der Waals surface area contributed by atoms with Crippen molar-refractivity contribution in [3.05, 3.63) is 51.7 Å². The average Bonchev–Trinajstić information content (AvgIpc) is 2.69. The van der Waals surface area contributed by atoms with E-state index in [2.05, 4.69) is 10.3 Å². The number of aromatic nitrogens is 1. The Morgan fingerprint density at radius 1 is 1.44 bits per heavy atom. The van der Waals surface area contributed by atoms with Crippen LogP contribution in [0.4, 0.5) is 4.39 Å². The third kappa shape index (κ3) is 1.99. The van der Waals surface area contributed by atoms with Crippen molar-refractivity contribution in [2.75, 3.05) is 7.05 Å². The number of hydrogen-bond acceptors (Lipinski definition) is 3. The van der Waals surface area contributed by atoms with Crippen LogP contribution in [0.25, 0.3) is 0 Å².